The fourth-order valence-corrected chi connectivity index (χ4v) is 1.26. The lowest BCUT2D eigenvalue weighted by Gasteiger charge is -1.96. The van der Waals surface area contributed by atoms with Gasteiger partial charge in [0, 0.05) is 6.20 Å². The molecule has 0 saturated heterocycles. The molecule has 0 radical (unpaired) electrons. The number of aromatic nitrogens is 3. The Labute approximate surface area is 94.3 Å². The molecule has 0 saturated carbocycles. The standard InChI is InChI=1S/C9H6N4O4/c14-9(15)8-6(13(16)17)5-12(11-8)7-3-1-2-4-10-7/h1-5H,(H,14,15). The van der Waals surface area contributed by atoms with E-state index >= 15 is 0 Å². The second-order valence-electron chi connectivity index (χ2n) is 3.06. The summed E-state index contributed by atoms with van der Waals surface area (Å²) in [5.74, 6) is -1.14. The van der Waals surface area contributed by atoms with Gasteiger partial charge in [0.1, 0.15) is 6.20 Å². The highest BCUT2D eigenvalue weighted by Gasteiger charge is 2.25. The van der Waals surface area contributed by atoms with E-state index in [2.05, 4.69) is 10.1 Å². The number of carboxylic acids is 1. The quantitative estimate of drug-likeness (QED) is 0.623. The zero-order valence-electron chi connectivity index (χ0n) is 8.35. The number of nitrogens with zero attached hydrogens (tertiary/aromatic N) is 4. The average molecular weight is 234 g/mol. The first-order valence-corrected chi connectivity index (χ1v) is 4.48. The molecule has 8 nitrogen and oxygen atoms in total. The van der Waals surface area contributed by atoms with Crippen LogP contribution in [0.2, 0.25) is 0 Å². The molecular formula is C9H6N4O4. The Balaban J connectivity index is 2.55. The number of hydrogen-bond acceptors (Lipinski definition) is 5. The van der Waals surface area contributed by atoms with Gasteiger partial charge in [-0.05, 0) is 12.1 Å². The molecule has 2 aromatic rings. The van der Waals surface area contributed by atoms with Crippen LogP contribution in [0.1, 0.15) is 10.5 Å². The van der Waals surface area contributed by atoms with Crippen LogP contribution in [0.25, 0.3) is 5.82 Å². The van der Waals surface area contributed by atoms with E-state index in [1.165, 1.54) is 6.20 Å². The van der Waals surface area contributed by atoms with Crippen molar-refractivity contribution >= 4 is 11.7 Å². The summed E-state index contributed by atoms with van der Waals surface area (Å²) in [6.45, 7) is 0. The second kappa shape index (κ2) is 4.00. The molecule has 0 aliphatic carbocycles. The van der Waals surface area contributed by atoms with Gasteiger partial charge < -0.3 is 5.11 Å². The minimum absolute atomic E-state index is 0.308. The number of pyridine rings is 1. The van der Waals surface area contributed by atoms with E-state index in [1.54, 1.807) is 18.2 Å². The van der Waals surface area contributed by atoms with Crippen molar-refractivity contribution in [3.05, 3.63) is 46.4 Å². The van der Waals surface area contributed by atoms with Crippen LogP contribution in [0.15, 0.2) is 30.6 Å². The van der Waals surface area contributed by atoms with Crippen molar-refractivity contribution in [1.29, 1.82) is 0 Å². The number of rotatable bonds is 3. The van der Waals surface area contributed by atoms with Crippen molar-refractivity contribution < 1.29 is 14.8 Å². The Morgan fingerprint density at radius 1 is 1.47 bits per heavy atom. The molecule has 17 heavy (non-hydrogen) atoms. The van der Waals surface area contributed by atoms with E-state index < -0.39 is 22.3 Å². The highest BCUT2D eigenvalue weighted by molar-refractivity contribution is 5.89. The van der Waals surface area contributed by atoms with Crippen LogP contribution in [0.3, 0.4) is 0 Å². The lowest BCUT2D eigenvalue weighted by atomic mass is 10.4. The normalized spacial score (nSPS) is 10.1. The van der Waals surface area contributed by atoms with Gasteiger partial charge in [-0.2, -0.15) is 5.10 Å². The number of aromatic carboxylic acids is 1. The van der Waals surface area contributed by atoms with E-state index in [0.29, 0.717) is 5.82 Å². The molecular weight excluding hydrogens is 228 g/mol. The Kier molecular flexibility index (Phi) is 2.53. The predicted molar refractivity (Wildman–Crippen MR) is 55.0 cm³/mol. The summed E-state index contributed by atoms with van der Waals surface area (Å²) in [5.41, 5.74) is -1.18. The van der Waals surface area contributed by atoms with Gasteiger partial charge >= 0.3 is 11.7 Å². The zero-order chi connectivity index (χ0) is 12.4. The molecule has 0 unspecified atom stereocenters. The van der Waals surface area contributed by atoms with Crippen molar-refractivity contribution in [3.63, 3.8) is 0 Å². The number of hydrogen-bond donors (Lipinski definition) is 1. The van der Waals surface area contributed by atoms with Crippen LogP contribution >= 0.6 is 0 Å². The zero-order valence-corrected chi connectivity index (χ0v) is 8.35. The summed E-state index contributed by atoms with van der Waals surface area (Å²) in [6, 6.07) is 4.89. The minimum atomic E-state index is -1.45. The van der Waals surface area contributed by atoms with Crippen LogP contribution in [0.5, 0.6) is 0 Å². The van der Waals surface area contributed by atoms with Crippen molar-refractivity contribution in [2.75, 3.05) is 0 Å². The molecule has 0 aromatic carbocycles. The summed E-state index contributed by atoms with van der Waals surface area (Å²) in [6.07, 6.45) is 2.50. The summed E-state index contributed by atoms with van der Waals surface area (Å²) in [5, 5.41) is 23.0. The maximum Gasteiger partial charge on any atom is 0.363 e. The molecule has 2 heterocycles. The van der Waals surface area contributed by atoms with Crippen molar-refractivity contribution in [1.82, 2.24) is 14.8 Å². The van der Waals surface area contributed by atoms with Crippen LogP contribution in [0.4, 0.5) is 5.69 Å². The summed E-state index contributed by atoms with van der Waals surface area (Å²) < 4.78 is 1.06. The van der Waals surface area contributed by atoms with Gasteiger partial charge in [-0.1, -0.05) is 6.07 Å². The number of carboxylic acid groups (broad SMARTS) is 1. The van der Waals surface area contributed by atoms with Crippen molar-refractivity contribution in [2.45, 2.75) is 0 Å². The Bertz CT molecular complexity index is 546. The van der Waals surface area contributed by atoms with Gasteiger partial charge in [0.2, 0.25) is 5.69 Å². The molecule has 0 atom stereocenters. The first kappa shape index (κ1) is 10.7. The van der Waals surface area contributed by atoms with E-state index in [4.69, 9.17) is 5.11 Å². The molecule has 86 valence electrons. The summed E-state index contributed by atoms with van der Waals surface area (Å²) >= 11 is 0. The van der Waals surface area contributed by atoms with Crippen molar-refractivity contribution in [3.8, 4) is 5.82 Å². The molecule has 1 N–H and O–H groups in total. The van der Waals surface area contributed by atoms with E-state index in [0.717, 1.165) is 10.9 Å². The third-order valence-electron chi connectivity index (χ3n) is 1.98. The Morgan fingerprint density at radius 3 is 2.71 bits per heavy atom. The monoisotopic (exact) mass is 234 g/mol. The molecule has 8 heteroatoms. The number of carbonyl (C=O) groups is 1. The molecule has 2 rings (SSSR count). The Morgan fingerprint density at radius 2 is 2.24 bits per heavy atom. The van der Waals surface area contributed by atoms with E-state index in [1.807, 2.05) is 0 Å². The van der Waals surface area contributed by atoms with Crippen molar-refractivity contribution in [2.24, 2.45) is 0 Å². The third kappa shape index (κ3) is 1.95. The molecule has 2 aromatic heterocycles. The Hall–Kier alpha value is -2.77. The average Bonchev–Trinajstić information content (AvgIpc) is 2.75. The van der Waals surface area contributed by atoms with Gasteiger partial charge in [0.15, 0.2) is 5.82 Å². The maximum absolute atomic E-state index is 10.8. The molecule has 0 fully saturated rings. The highest BCUT2D eigenvalue weighted by atomic mass is 16.6. The molecule has 0 aliphatic heterocycles. The van der Waals surface area contributed by atoms with Gasteiger partial charge in [-0.25, -0.2) is 14.5 Å². The highest BCUT2D eigenvalue weighted by Crippen LogP contribution is 2.18. The largest absolute Gasteiger partial charge is 0.476 e. The van der Waals surface area contributed by atoms with Crippen LogP contribution in [-0.2, 0) is 0 Å². The van der Waals surface area contributed by atoms with Crippen LogP contribution < -0.4 is 0 Å². The van der Waals surface area contributed by atoms with Gasteiger partial charge in [0.05, 0.1) is 4.92 Å². The lowest BCUT2D eigenvalue weighted by molar-refractivity contribution is -0.385. The van der Waals surface area contributed by atoms with Crippen LogP contribution in [-0.4, -0.2) is 30.8 Å². The second-order valence-corrected chi connectivity index (χ2v) is 3.06. The van der Waals surface area contributed by atoms with Crippen LogP contribution in [0, 0.1) is 10.1 Å². The molecule has 0 spiro atoms. The SMILES string of the molecule is O=C(O)c1nn(-c2ccccn2)cc1[N+](=O)[O-]. The third-order valence-corrected chi connectivity index (χ3v) is 1.98. The first-order chi connectivity index (χ1) is 8.09. The first-order valence-electron chi connectivity index (χ1n) is 4.48. The van der Waals surface area contributed by atoms with Gasteiger partial charge in [-0.3, -0.25) is 10.1 Å². The maximum atomic E-state index is 10.8. The topological polar surface area (TPSA) is 111 Å². The van der Waals surface area contributed by atoms with E-state index in [9.17, 15) is 14.9 Å². The molecule has 0 aliphatic rings. The fourth-order valence-electron chi connectivity index (χ4n) is 1.26. The lowest BCUT2D eigenvalue weighted by Crippen LogP contribution is -2.03. The fraction of sp³-hybridized carbons (Fsp3) is 0. The van der Waals surface area contributed by atoms with Gasteiger partial charge in [0.25, 0.3) is 0 Å². The minimum Gasteiger partial charge on any atom is -0.476 e. The predicted octanol–water partition coefficient (Wildman–Crippen LogP) is 0.874. The number of nitro groups is 1. The molecule has 0 bridgehead atoms. The summed E-state index contributed by atoms with van der Waals surface area (Å²) in [4.78, 5) is 24.5. The van der Waals surface area contributed by atoms with Gasteiger partial charge in [-0.15, -0.1) is 0 Å². The molecule has 0 amide bonds. The van der Waals surface area contributed by atoms with E-state index in [-0.39, 0.29) is 0 Å². The smallest absolute Gasteiger partial charge is 0.363 e. The summed E-state index contributed by atoms with van der Waals surface area (Å²) in [7, 11) is 0.